The zero-order valence-electron chi connectivity index (χ0n) is 13.9. The molecule has 2 aliphatic heterocycles. The molecule has 9 heteroatoms. The normalized spacial score (nSPS) is 17.7. The summed E-state index contributed by atoms with van der Waals surface area (Å²) >= 11 is 9.50. The molecule has 0 atom stereocenters. The average Bonchev–Trinajstić information content (AvgIpc) is 3.18. The van der Waals surface area contributed by atoms with Gasteiger partial charge in [0.05, 0.1) is 29.4 Å². The smallest absolute Gasteiger partial charge is 0.255 e. The minimum atomic E-state index is -0.0875. The first-order chi connectivity index (χ1) is 12.5. The number of carbonyl (C=O) groups excluding carboxylic acids is 2. The lowest BCUT2D eigenvalue weighted by Crippen LogP contribution is -2.51. The number of hydrogen-bond donors (Lipinski definition) is 0. The van der Waals surface area contributed by atoms with Crippen LogP contribution in [0.5, 0.6) is 0 Å². The van der Waals surface area contributed by atoms with E-state index in [9.17, 15) is 9.59 Å². The highest BCUT2D eigenvalue weighted by atomic mass is 79.9. The van der Waals surface area contributed by atoms with E-state index in [1.165, 1.54) is 0 Å². The van der Waals surface area contributed by atoms with Crippen molar-refractivity contribution in [2.24, 2.45) is 0 Å². The van der Waals surface area contributed by atoms with Gasteiger partial charge in [0.1, 0.15) is 5.69 Å². The molecule has 1 aromatic carbocycles. The number of benzene rings is 1. The van der Waals surface area contributed by atoms with Crippen LogP contribution in [0.4, 0.5) is 0 Å². The fourth-order valence-electron chi connectivity index (χ4n) is 3.25. The summed E-state index contributed by atoms with van der Waals surface area (Å²) in [6.07, 6.45) is 3.39. The second-order valence-electron chi connectivity index (χ2n) is 6.60. The van der Waals surface area contributed by atoms with E-state index in [4.69, 9.17) is 11.6 Å². The minimum absolute atomic E-state index is 0.0875. The van der Waals surface area contributed by atoms with Crippen LogP contribution in [0, 0.1) is 0 Å². The molecule has 2 fully saturated rings. The van der Waals surface area contributed by atoms with E-state index in [0.29, 0.717) is 36.6 Å². The van der Waals surface area contributed by atoms with E-state index < -0.39 is 0 Å². The monoisotopic (exact) mass is 437 g/mol. The minimum Gasteiger partial charge on any atom is -0.337 e. The van der Waals surface area contributed by atoms with Gasteiger partial charge in [-0.25, -0.2) is 4.68 Å². The number of amides is 2. The molecule has 0 N–H and O–H groups in total. The third-order valence-corrected chi connectivity index (χ3v) is 5.59. The van der Waals surface area contributed by atoms with Crippen LogP contribution in [0.1, 0.15) is 34.9 Å². The summed E-state index contributed by atoms with van der Waals surface area (Å²) in [5.41, 5.74) is 1.27. The molecular formula is C17H17BrClN5O2. The largest absolute Gasteiger partial charge is 0.337 e. The van der Waals surface area contributed by atoms with Crippen molar-refractivity contribution in [1.29, 1.82) is 0 Å². The SMILES string of the molecule is O=C1CCCN1Cc1cn(C2CN(C(=O)c3cc(Br)ccc3Cl)C2)nn1. The van der Waals surface area contributed by atoms with Gasteiger partial charge in [0, 0.05) is 30.5 Å². The molecule has 2 aliphatic rings. The average molecular weight is 439 g/mol. The van der Waals surface area contributed by atoms with Crippen molar-refractivity contribution in [2.45, 2.75) is 25.4 Å². The van der Waals surface area contributed by atoms with Crippen LogP contribution < -0.4 is 0 Å². The number of nitrogens with zero attached hydrogens (tertiary/aromatic N) is 5. The number of rotatable bonds is 4. The molecule has 1 aromatic heterocycles. The maximum atomic E-state index is 12.6. The Hall–Kier alpha value is -1.93. The highest BCUT2D eigenvalue weighted by Crippen LogP contribution is 2.27. The molecule has 26 heavy (non-hydrogen) atoms. The van der Waals surface area contributed by atoms with Crippen LogP contribution in [0.15, 0.2) is 28.9 Å². The molecule has 2 amide bonds. The van der Waals surface area contributed by atoms with Gasteiger partial charge in [0.2, 0.25) is 5.91 Å². The van der Waals surface area contributed by atoms with Crippen molar-refractivity contribution < 1.29 is 9.59 Å². The number of likely N-dealkylation sites (tertiary alicyclic amines) is 2. The molecule has 136 valence electrons. The summed E-state index contributed by atoms with van der Waals surface area (Å²) in [5.74, 6) is 0.0846. The lowest BCUT2D eigenvalue weighted by Gasteiger charge is -2.39. The van der Waals surface area contributed by atoms with Gasteiger partial charge in [-0.05, 0) is 24.6 Å². The number of hydrogen-bond acceptors (Lipinski definition) is 4. The van der Waals surface area contributed by atoms with Crippen LogP contribution in [0.3, 0.4) is 0 Å². The molecule has 0 unspecified atom stereocenters. The molecule has 0 radical (unpaired) electrons. The van der Waals surface area contributed by atoms with E-state index in [0.717, 1.165) is 23.1 Å². The zero-order chi connectivity index (χ0) is 18.3. The van der Waals surface area contributed by atoms with Gasteiger partial charge >= 0.3 is 0 Å². The first-order valence-electron chi connectivity index (χ1n) is 8.44. The fraction of sp³-hybridized carbons (Fsp3) is 0.412. The van der Waals surface area contributed by atoms with E-state index >= 15 is 0 Å². The summed E-state index contributed by atoms with van der Waals surface area (Å²) in [4.78, 5) is 27.8. The van der Waals surface area contributed by atoms with Crippen LogP contribution in [0.25, 0.3) is 0 Å². The molecule has 0 saturated carbocycles. The van der Waals surface area contributed by atoms with Crippen molar-refractivity contribution in [1.82, 2.24) is 24.8 Å². The first-order valence-corrected chi connectivity index (χ1v) is 9.61. The van der Waals surface area contributed by atoms with E-state index in [1.807, 2.05) is 6.20 Å². The van der Waals surface area contributed by atoms with Gasteiger partial charge in [0.25, 0.3) is 5.91 Å². The van der Waals surface area contributed by atoms with E-state index in [-0.39, 0.29) is 17.9 Å². The molecule has 0 bridgehead atoms. The molecular weight excluding hydrogens is 422 g/mol. The second-order valence-corrected chi connectivity index (χ2v) is 7.92. The predicted octanol–water partition coefficient (Wildman–Crippen LogP) is 2.51. The third-order valence-electron chi connectivity index (χ3n) is 4.76. The Kier molecular flexibility index (Phi) is 4.71. The van der Waals surface area contributed by atoms with Gasteiger partial charge in [-0.15, -0.1) is 5.10 Å². The molecule has 4 rings (SSSR count). The van der Waals surface area contributed by atoms with Gasteiger partial charge < -0.3 is 9.80 Å². The fourth-order valence-corrected chi connectivity index (χ4v) is 3.81. The summed E-state index contributed by atoms with van der Waals surface area (Å²) < 4.78 is 2.60. The summed E-state index contributed by atoms with van der Waals surface area (Å²) in [7, 11) is 0. The lowest BCUT2D eigenvalue weighted by atomic mass is 10.1. The van der Waals surface area contributed by atoms with E-state index in [2.05, 4.69) is 26.2 Å². The maximum absolute atomic E-state index is 12.6. The van der Waals surface area contributed by atoms with Crippen molar-refractivity contribution in [3.63, 3.8) is 0 Å². The van der Waals surface area contributed by atoms with Crippen LogP contribution in [0.2, 0.25) is 5.02 Å². The zero-order valence-corrected chi connectivity index (χ0v) is 16.3. The Morgan fingerprint density at radius 1 is 1.35 bits per heavy atom. The van der Waals surface area contributed by atoms with E-state index in [1.54, 1.807) is 32.7 Å². The van der Waals surface area contributed by atoms with Gasteiger partial charge in [0.15, 0.2) is 0 Å². The molecule has 3 heterocycles. The predicted molar refractivity (Wildman–Crippen MR) is 98.8 cm³/mol. The summed E-state index contributed by atoms with van der Waals surface area (Å²) in [6, 6.07) is 5.35. The number of carbonyl (C=O) groups is 2. The second kappa shape index (κ2) is 7.00. The molecule has 2 aromatic rings. The van der Waals surface area contributed by atoms with Crippen LogP contribution >= 0.6 is 27.5 Å². The standard InChI is InChI=1S/C17H17BrClN5O2/c18-11-3-4-15(19)14(6-11)17(26)23-9-13(10-23)24-8-12(20-21-24)7-22-5-1-2-16(22)25/h3-4,6,8,13H,1-2,5,7,9-10H2. The Morgan fingerprint density at radius 3 is 2.88 bits per heavy atom. The van der Waals surface area contributed by atoms with Crippen molar-refractivity contribution in [2.75, 3.05) is 19.6 Å². The highest BCUT2D eigenvalue weighted by molar-refractivity contribution is 9.10. The third kappa shape index (κ3) is 3.35. The molecule has 0 spiro atoms. The van der Waals surface area contributed by atoms with Gasteiger partial charge in [-0.2, -0.15) is 0 Å². The molecule has 7 nitrogen and oxygen atoms in total. The van der Waals surface area contributed by atoms with Gasteiger partial charge in [-0.3, -0.25) is 9.59 Å². The van der Waals surface area contributed by atoms with Crippen molar-refractivity contribution in [3.05, 3.63) is 45.1 Å². The Labute approximate surface area is 164 Å². The topological polar surface area (TPSA) is 71.3 Å². The quantitative estimate of drug-likeness (QED) is 0.735. The Bertz CT molecular complexity index is 865. The van der Waals surface area contributed by atoms with Crippen LogP contribution in [-0.4, -0.2) is 56.2 Å². The number of halogens is 2. The Morgan fingerprint density at radius 2 is 2.15 bits per heavy atom. The van der Waals surface area contributed by atoms with Crippen LogP contribution in [-0.2, 0) is 11.3 Å². The number of aromatic nitrogens is 3. The lowest BCUT2D eigenvalue weighted by molar-refractivity contribution is -0.128. The molecule has 0 aliphatic carbocycles. The Balaban J connectivity index is 1.37. The van der Waals surface area contributed by atoms with Gasteiger partial charge in [-0.1, -0.05) is 32.7 Å². The summed E-state index contributed by atoms with van der Waals surface area (Å²) in [6.45, 7) is 2.41. The highest BCUT2D eigenvalue weighted by Gasteiger charge is 2.34. The molecule has 2 saturated heterocycles. The van der Waals surface area contributed by atoms with Crippen molar-refractivity contribution in [3.8, 4) is 0 Å². The first kappa shape index (κ1) is 17.5. The maximum Gasteiger partial charge on any atom is 0.255 e. The van der Waals surface area contributed by atoms with Crippen molar-refractivity contribution >= 4 is 39.3 Å². The summed E-state index contributed by atoms with van der Waals surface area (Å²) in [5, 5.41) is 8.76.